The van der Waals surface area contributed by atoms with Crippen molar-refractivity contribution in [2.75, 3.05) is 11.1 Å². The molecule has 156 valence electrons. The highest BCUT2D eigenvalue weighted by molar-refractivity contribution is 7.99. The van der Waals surface area contributed by atoms with Gasteiger partial charge in [0.1, 0.15) is 10.0 Å². The standard InChI is InChI=1S/C18H24N6O2S3/c1-4-5-6-14-21-22-17(28-14)20-13(25)10-27-9-12-8-16(26)24-18(19-12)29-15(23-24)7-11(2)3/h8,11H,4-7,9-10H2,1-3H3,(H,20,22,25). The summed E-state index contributed by atoms with van der Waals surface area (Å²) in [5.74, 6) is 1.07. The molecule has 3 rings (SSSR count). The van der Waals surface area contributed by atoms with E-state index >= 15 is 0 Å². The molecular weight excluding hydrogens is 428 g/mol. The van der Waals surface area contributed by atoms with Crippen LogP contribution in [0.3, 0.4) is 0 Å². The lowest BCUT2D eigenvalue weighted by Gasteiger charge is -2.02. The summed E-state index contributed by atoms with van der Waals surface area (Å²) in [5, 5.41) is 17.6. The number of carbonyl (C=O) groups excluding carboxylic acids is 1. The van der Waals surface area contributed by atoms with Gasteiger partial charge < -0.3 is 0 Å². The van der Waals surface area contributed by atoms with Crippen molar-refractivity contribution in [3.63, 3.8) is 0 Å². The fourth-order valence-corrected chi connectivity index (χ4v) is 5.18. The molecular formula is C18H24N6O2S3. The molecule has 0 aromatic carbocycles. The summed E-state index contributed by atoms with van der Waals surface area (Å²) < 4.78 is 1.36. The number of anilines is 1. The smallest absolute Gasteiger partial charge is 0.275 e. The molecule has 0 saturated carbocycles. The minimum Gasteiger partial charge on any atom is -0.300 e. The molecule has 3 aromatic rings. The van der Waals surface area contributed by atoms with Crippen LogP contribution >= 0.6 is 34.4 Å². The van der Waals surface area contributed by atoms with Crippen LogP contribution in [0.15, 0.2) is 10.9 Å². The van der Waals surface area contributed by atoms with Gasteiger partial charge in [0, 0.05) is 24.7 Å². The van der Waals surface area contributed by atoms with Crippen molar-refractivity contribution >= 4 is 50.4 Å². The molecule has 1 N–H and O–H groups in total. The summed E-state index contributed by atoms with van der Waals surface area (Å²) in [6, 6.07) is 1.49. The van der Waals surface area contributed by atoms with Crippen molar-refractivity contribution in [2.45, 2.75) is 52.2 Å². The van der Waals surface area contributed by atoms with Crippen molar-refractivity contribution in [3.05, 3.63) is 32.1 Å². The lowest BCUT2D eigenvalue weighted by atomic mass is 10.1. The number of nitrogens with one attached hydrogen (secondary N) is 1. The summed E-state index contributed by atoms with van der Waals surface area (Å²) in [6.07, 6.45) is 3.87. The molecule has 0 bridgehead atoms. The first-order valence-electron chi connectivity index (χ1n) is 9.53. The average molecular weight is 453 g/mol. The second kappa shape index (κ2) is 10.3. The number of fused-ring (bicyclic) bond motifs is 1. The topological polar surface area (TPSA) is 102 Å². The highest BCUT2D eigenvalue weighted by atomic mass is 32.2. The molecule has 1 amide bonds. The maximum atomic E-state index is 12.3. The van der Waals surface area contributed by atoms with E-state index in [0.29, 0.717) is 27.5 Å². The Morgan fingerprint density at radius 1 is 1.28 bits per heavy atom. The van der Waals surface area contributed by atoms with Crippen LogP contribution in [0, 0.1) is 5.92 Å². The van der Waals surface area contributed by atoms with E-state index in [-0.39, 0.29) is 17.2 Å². The molecule has 3 aromatic heterocycles. The lowest BCUT2D eigenvalue weighted by molar-refractivity contribution is -0.113. The zero-order chi connectivity index (χ0) is 20.8. The van der Waals surface area contributed by atoms with Crippen molar-refractivity contribution in [3.8, 4) is 0 Å². The fourth-order valence-electron chi connectivity index (χ4n) is 2.54. The SMILES string of the molecule is CCCCc1nnc(NC(=O)CSCc2cc(=O)n3nc(CC(C)C)sc3n2)s1. The van der Waals surface area contributed by atoms with E-state index in [4.69, 9.17) is 0 Å². The first kappa shape index (κ1) is 21.8. The van der Waals surface area contributed by atoms with Gasteiger partial charge in [0.25, 0.3) is 5.56 Å². The second-order valence-electron chi connectivity index (χ2n) is 7.02. The third kappa shape index (κ3) is 6.31. The van der Waals surface area contributed by atoms with Gasteiger partial charge in [-0.3, -0.25) is 14.9 Å². The summed E-state index contributed by atoms with van der Waals surface area (Å²) in [5.41, 5.74) is 0.472. The van der Waals surface area contributed by atoms with Crippen molar-refractivity contribution in [1.82, 2.24) is 24.8 Å². The van der Waals surface area contributed by atoms with Gasteiger partial charge in [-0.25, -0.2) is 4.98 Å². The molecule has 0 atom stereocenters. The van der Waals surface area contributed by atoms with Crippen molar-refractivity contribution in [2.24, 2.45) is 5.92 Å². The third-order valence-corrected chi connectivity index (χ3v) is 6.66. The summed E-state index contributed by atoms with van der Waals surface area (Å²) in [6.45, 7) is 6.36. The Balaban J connectivity index is 1.53. The number of nitrogens with zero attached hydrogens (tertiary/aromatic N) is 5. The first-order chi connectivity index (χ1) is 13.9. The zero-order valence-electron chi connectivity index (χ0n) is 16.7. The van der Waals surface area contributed by atoms with Crippen LogP contribution in [0.5, 0.6) is 0 Å². The Morgan fingerprint density at radius 2 is 2.10 bits per heavy atom. The molecule has 29 heavy (non-hydrogen) atoms. The fraction of sp³-hybridized carbons (Fsp3) is 0.556. The second-order valence-corrected chi connectivity index (χ2v) is 10.1. The van der Waals surface area contributed by atoms with Crippen LogP contribution in [0.25, 0.3) is 4.96 Å². The highest BCUT2D eigenvalue weighted by Gasteiger charge is 2.12. The number of hydrogen-bond donors (Lipinski definition) is 1. The Morgan fingerprint density at radius 3 is 2.86 bits per heavy atom. The van der Waals surface area contributed by atoms with Gasteiger partial charge in [0.05, 0.1) is 11.4 Å². The molecule has 0 saturated heterocycles. The van der Waals surface area contributed by atoms with Gasteiger partial charge >= 0.3 is 0 Å². The van der Waals surface area contributed by atoms with Crippen LogP contribution < -0.4 is 10.9 Å². The Labute approximate surface area is 181 Å². The van der Waals surface area contributed by atoms with Crippen LogP contribution in [0.4, 0.5) is 5.13 Å². The van der Waals surface area contributed by atoms with Gasteiger partial charge in [-0.05, 0) is 12.3 Å². The minimum atomic E-state index is -0.185. The number of carbonyl (C=O) groups is 1. The molecule has 11 heteroatoms. The van der Waals surface area contributed by atoms with Gasteiger partial charge in [0.15, 0.2) is 0 Å². The monoisotopic (exact) mass is 452 g/mol. The number of amides is 1. The maximum absolute atomic E-state index is 12.3. The quantitative estimate of drug-likeness (QED) is 0.503. The van der Waals surface area contributed by atoms with E-state index < -0.39 is 0 Å². The number of aromatic nitrogens is 5. The number of rotatable bonds is 10. The third-order valence-electron chi connectivity index (χ3n) is 3.86. The molecule has 3 heterocycles. The normalized spacial score (nSPS) is 11.4. The Hall–Kier alpha value is -1.85. The molecule has 0 radical (unpaired) electrons. The molecule has 0 fully saturated rings. The van der Waals surface area contributed by atoms with Crippen LogP contribution in [-0.4, -0.2) is 36.5 Å². The highest BCUT2D eigenvalue weighted by Crippen LogP contribution is 2.19. The largest absolute Gasteiger partial charge is 0.300 e. The minimum absolute atomic E-state index is 0.136. The van der Waals surface area contributed by atoms with Crippen molar-refractivity contribution < 1.29 is 4.79 Å². The molecule has 0 aliphatic heterocycles. The van der Waals surface area contributed by atoms with E-state index in [9.17, 15) is 9.59 Å². The summed E-state index contributed by atoms with van der Waals surface area (Å²) in [4.78, 5) is 29.5. The van der Waals surface area contributed by atoms with Gasteiger partial charge in [-0.15, -0.1) is 22.0 Å². The van der Waals surface area contributed by atoms with Crippen LogP contribution in [0.1, 0.15) is 49.3 Å². The molecule has 0 spiro atoms. The Bertz CT molecular complexity index is 1030. The number of hydrogen-bond acceptors (Lipinski definition) is 9. The molecule has 8 nitrogen and oxygen atoms in total. The molecule has 0 aliphatic rings. The molecule has 0 unspecified atom stereocenters. The van der Waals surface area contributed by atoms with E-state index in [1.807, 2.05) is 0 Å². The predicted octanol–water partition coefficient (Wildman–Crippen LogP) is 3.42. The van der Waals surface area contributed by atoms with Gasteiger partial charge in [-0.2, -0.15) is 9.61 Å². The predicted molar refractivity (Wildman–Crippen MR) is 119 cm³/mol. The Kier molecular flexibility index (Phi) is 7.73. The average Bonchev–Trinajstić information content (AvgIpc) is 3.26. The maximum Gasteiger partial charge on any atom is 0.275 e. The van der Waals surface area contributed by atoms with Gasteiger partial charge in [0.2, 0.25) is 16.0 Å². The zero-order valence-corrected chi connectivity index (χ0v) is 19.1. The van der Waals surface area contributed by atoms with E-state index in [1.54, 1.807) is 0 Å². The lowest BCUT2D eigenvalue weighted by Crippen LogP contribution is -2.16. The summed E-state index contributed by atoms with van der Waals surface area (Å²) >= 11 is 4.26. The van der Waals surface area contributed by atoms with E-state index in [2.05, 4.69) is 46.4 Å². The van der Waals surface area contributed by atoms with Gasteiger partial charge in [-0.1, -0.05) is 49.9 Å². The molecule has 0 aliphatic carbocycles. The number of unbranched alkanes of at least 4 members (excludes halogenated alkanes) is 1. The van der Waals surface area contributed by atoms with E-state index in [0.717, 1.165) is 35.7 Å². The van der Waals surface area contributed by atoms with Crippen molar-refractivity contribution in [1.29, 1.82) is 0 Å². The number of aryl methyl sites for hydroxylation is 1. The first-order valence-corrected chi connectivity index (χ1v) is 12.3. The van der Waals surface area contributed by atoms with Crippen LogP contribution in [-0.2, 0) is 23.4 Å². The van der Waals surface area contributed by atoms with Crippen LogP contribution in [0.2, 0.25) is 0 Å². The summed E-state index contributed by atoms with van der Waals surface area (Å²) in [7, 11) is 0. The van der Waals surface area contributed by atoms with E-state index in [1.165, 1.54) is 45.0 Å². The number of thioether (sulfide) groups is 1.